The molecule has 0 N–H and O–H groups in total. The Kier molecular flexibility index (Phi) is 4.01. The number of morpholine rings is 1. The molecule has 1 aliphatic rings. The van der Waals surface area contributed by atoms with Crippen molar-refractivity contribution in [2.24, 2.45) is 0 Å². The largest absolute Gasteiger partial charge is 0.379 e. The third kappa shape index (κ3) is 3.49. The smallest absolute Gasteiger partial charge is 0.0594 e. The number of nitrogens with zero attached hydrogens (tertiary/aromatic N) is 1. The first-order valence-corrected chi connectivity index (χ1v) is 5.61. The number of hydrogen-bond donors (Lipinski definition) is 0. The van der Waals surface area contributed by atoms with E-state index in [0.29, 0.717) is 0 Å². The molecule has 0 amide bonds. The van der Waals surface area contributed by atoms with E-state index < -0.39 is 0 Å². The monoisotopic (exact) mass is 224 g/mol. The first kappa shape index (κ1) is 10.9. The second-order valence-electron chi connectivity index (χ2n) is 3.67. The molecule has 1 fully saturated rings. The molecule has 0 aromatic heterocycles. The predicted octanol–water partition coefficient (Wildman–Crippen LogP) is 2.22. The second-order valence-corrected chi connectivity index (χ2v) is 4.11. The van der Waals surface area contributed by atoms with Gasteiger partial charge in [0, 0.05) is 31.1 Å². The van der Waals surface area contributed by atoms with E-state index in [1.54, 1.807) is 0 Å². The molecule has 1 aromatic rings. The average molecular weight is 225 g/mol. The first-order valence-electron chi connectivity index (χ1n) is 5.23. The van der Waals surface area contributed by atoms with Gasteiger partial charge < -0.3 is 4.74 Å². The van der Waals surface area contributed by atoms with Crippen LogP contribution in [-0.2, 0) is 4.74 Å². The minimum absolute atomic E-state index is 0.790. The van der Waals surface area contributed by atoms with Gasteiger partial charge in [-0.25, -0.2) is 0 Å². The van der Waals surface area contributed by atoms with Crippen LogP contribution in [-0.4, -0.2) is 37.7 Å². The van der Waals surface area contributed by atoms with Crippen LogP contribution in [0.3, 0.4) is 0 Å². The van der Waals surface area contributed by atoms with Gasteiger partial charge in [0.25, 0.3) is 0 Å². The molecule has 1 saturated heterocycles. The van der Waals surface area contributed by atoms with Gasteiger partial charge in [-0.3, -0.25) is 4.90 Å². The molecular formula is C12H15ClNO. The normalized spacial score (nSPS) is 17.9. The molecule has 1 aliphatic heterocycles. The van der Waals surface area contributed by atoms with E-state index in [0.717, 1.165) is 37.9 Å². The maximum absolute atomic E-state index is 5.82. The minimum atomic E-state index is 0.790. The van der Waals surface area contributed by atoms with Crippen LogP contribution in [0.15, 0.2) is 24.3 Å². The van der Waals surface area contributed by atoms with Crippen LogP contribution in [0.1, 0.15) is 5.56 Å². The van der Waals surface area contributed by atoms with Crippen LogP contribution in [0.5, 0.6) is 0 Å². The Hall–Kier alpha value is -0.570. The fourth-order valence-corrected chi connectivity index (χ4v) is 1.74. The summed E-state index contributed by atoms with van der Waals surface area (Å²) in [5.41, 5.74) is 1.23. The van der Waals surface area contributed by atoms with Crippen molar-refractivity contribution in [2.75, 3.05) is 32.8 Å². The SMILES string of the molecule is Clc1ccc([CH]CN2CCOCC2)cc1. The molecule has 3 heteroatoms. The van der Waals surface area contributed by atoms with Gasteiger partial charge in [0.15, 0.2) is 0 Å². The van der Waals surface area contributed by atoms with Crippen molar-refractivity contribution in [3.05, 3.63) is 41.3 Å². The van der Waals surface area contributed by atoms with Crippen LogP contribution in [0.2, 0.25) is 5.02 Å². The highest BCUT2D eigenvalue weighted by molar-refractivity contribution is 6.30. The third-order valence-corrected chi connectivity index (χ3v) is 2.81. The summed E-state index contributed by atoms with van der Waals surface area (Å²) in [7, 11) is 0. The van der Waals surface area contributed by atoms with Gasteiger partial charge in [-0.2, -0.15) is 0 Å². The summed E-state index contributed by atoms with van der Waals surface area (Å²) in [6.07, 6.45) is 2.22. The molecule has 0 bridgehead atoms. The van der Waals surface area contributed by atoms with Crippen LogP contribution in [0.4, 0.5) is 0 Å². The molecule has 1 aromatic carbocycles. The Bertz CT molecular complexity index is 293. The summed E-state index contributed by atoms with van der Waals surface area (Å²) in [6.45, 7) is 4.77. The van der Waals surface area contributed by atoms with Gasteiger partial charge in [0.1, 0.15) is 0 Å². The molecule has 2 rings (SSSR count). The molecule has 1 heterocycles. The molecule has 15 heavy (non-hydrogen) atoms. The number of rotatable bonds is 3. The van der Waals surface area contributed by atoms with Gasteiger partial charge in [-0.15, -0.1) is 0 Å². The molecule has 0 atom stereocenters. The lowest BCUT2D eigenvalue weighted by Crippen LogP contribution is -2.37. The Morgan fingerprint density at radius 3 is 2.53 bits per heavy atom. The lowest BCUT2D eigenvalue weighted by Gasteiger charge is -2.26. The van der Waals surface area contributed by atoms with E-state index in [4.69, 9.17) is 16.3 Å². The highest BCUT2D eigenvalue weighted by Crippen LogP contribution is 2.11. The molecule has 1 radical (unpaired) electrons. The zero-order chi connectivity index (χ0) is 10.5. The third-order valence-electron chi connectivity index (χ3n) is 2.56. The quantitative estimate of drug-likeness (QED) is 0.781. The Balaban J connectivity index is 1.79. The molecule has 2 nitrogen and oxygen atoms in total. The van der Waals surface area contributed by atoms with Crippen molar-refractivity contribution in [3.8, 4) is 0 Å². The highest BCUT2D eigenvalue weighted by atomic mass is 35.5. The summed E-state index contributed by atoms with van der Waals surface area (Å²) >= 11 is 5.82. The molecule has 0 aliphatic carbocycles. The van der Waals surface area contributed by atoms with Gasteiger partial charge in [0.2, 0.25) is 0 Å². The predicted molar refractivity (Wildman–Crippen MR) is 62.1 cm³/mol. The Morgan fingerprint density at radius 1 is 1.20 bits per heavy atom. The van der Waals surface area contributed by atoms with Gasteiger partial charge in [-0.05, 0) is 17.7 Å². The lowest BCUT2D eigenvalue weighted by molar-refractivity contribution is 0.0421. The summed E-state index contributed by atoms with van der Waals surface area (Å²) in [5, 5.41) is 0.790. The number of ether oxygens (including phenoxy) is 1. The molecule has 0 saturated carbocycles. The fourth-order valence-electron chi connectivity index (χ4n) is 1.62. The van der Waals surface area contributed by atoms with Gasteiger partial charge in [0.05, 0.1) is 13.2 Å². The van der Waals surface area contributed by atoms with Crippen molar-refractivity contribution in [1.82, 2.24) is 4.90 Å². The number of hydrogen-bond acceptors (Lipinski definition) is 2. The van der Waals surface area contributed by atoms with Gasteiger partial charge >= 0.3 is 0 Å². The van der Waals surface area contributed by atoms with E-state index in [9.17, 15) is 0 Å². The molecule has 0 unspecified atom stereocenters. The topological polar surface area (TPSA) is 12.5 Å². The lowest BCUT2D eigenvalue weighted by atomic mass is 10.1. The maximum Gasteiger partial charge on any atom is 0.0594 e. The van der Waals surface area contributed by atoms with Crippen LogP contribution in [0.25, 0.3) is 0 Å². The van der Waals surface area contributed by atoms with Crippen molar-refractivity contribution in [2.45, 2.75) is 0 Å². The van der Waals surface area contributed by atoms with Crippen molar-refractivity contribution in [3.63, 3.8) is 0 Å². The van der Waals surface area contributed by atoms with E-state index in [1.165, 1.54) is 5.56 Å². The zero-order valence-electron chi connectivity index (χ0n) is 8.66. The summed E-state index contributed by atoms with van der Waals surface area (Å²) in [4.78, 5) is 2.39. The van der Waals surface area contributed by atoms with E-state index >= 15 is 0 Å². The van der Waals surface area contributed by atoms with E-state index in [2.05, 4.69) is 11.3 Å². The fraction of sp³-hybridized carbons (Fsp3) is 0.417. The van der Waals surface area contributed by atoms with Crippen LogP contribution in [0, 0.1) is 6.42 Å². The number of halogens is 1. The van der Waals surface area contributed by atoms with Crippen molar-refractivity contribution < 1.29 is 4.74 Å². The number of benzene rings is 1. The van der Waals surface area contributed by atoms with Crippen molar-refractivity contribution >= 4 is 11.6 Å². The van der Waals surface area contributed by atoms with Crippen molar-refractivity contribution in [1.29, 1.82) is 0 Å². The summed E-state index contributed by atoms with van der Waals surface area (Å²) in [5.74, 6) is 0. The maximum atomic E-state index is 5.82. The summed E-state index contributed by atoms with van der Waals surface area (Å²) < 4.78 is 5.29. The van der Waals surface area contributed by atoms with Gasteiger partial charge in [-0.1, -0.05) is 23.7 Å². The Morgan fingerprint density at radius 2 is 1.87 bits per heavy atom. The minimum Gasteiger partial charge on any atom is -0.379 e. The van der Waals surface area contributed by atoms with E-state index in [-0.39, 0.29) is 0 Å². The zero-order valence-corrected chi connectivity index (χ0v) is 9.41. The Labute approximate surface area is 95.8 Å². The van der Waals surface area contributed by atoms with Crippen LogP contribution < -0.4 is 0 Å². The second kappa shape index (κ2) is 5.50. The molecule has 81 valence electrons. The standard InChI is InChI=1S/C12H15ClNO/c13-12-3-1-11(2-4-12)5-6-14-7-9-15-10-8-14/h1-5H,6-10H2. The summed E-state index contributed by atoms with van der Waals surface area (Å²) in [6, 6.07) is 7.94. The average Bonchev–Trinajstić information content (AvgIpc) is 2.30. The van der Waals surface area contributed by atoms with E-state index in [1.807, 2.05) is 24.3 Å². The highest BCUT2D eigenvalue weighted by Gasteiger charge is 2.09. The first-order chi connectivity index (χ1) is 7.34. The van der Waals surface area contributed by atoms with Crippen LogP contribution >= 0.6 is 11.6 Å². The molecular weight excluding hydrogens is 210 g/mol. The molecule has 0 spiro atoms.